The van der Waals surface area contributed by atoms with E-state index >= 15 is 0 Å². The highest BCUT2D eigenvalue weighted by molar-refractivity contribution is 9.10. The van der Waals surface area contributed by atoms with E-state index in [1.54, 1.807) is 7.05 Å². The zero-order valence-corrected chi connectivity index (χ0v) is 12.1. The minimum absolute atomic E-state index is 0.0663. The first-order chi connectivity index (χ1) is 9.19. The molecule has 96 valence electrons. The molecule has 19 heavy (non-hydrogen) atoms. The van der Waals surface area contributed by atoms with Gasteiger partial charge in [0, 0.05) is 17.1 Å². The molecule has 0 heterocycles. The van der Waals surface area contributed by atoms with Crippen LogP contribution in [0.2, 0.25) is 0 Å². The third kappa shape index (κ3) is 3.80. The van der Waals surface area contributed by atoms with E-state index in [1.807, 2.05) is 60.7 Å². The van der Waals surface area contributed by atoms with Crippen molar-refractivity contribution in [1.82, 2.24) is 5.32 Å². The van der Waals surface area contributed by atoms with Gasteiger partial charge in [0.2, 0.25) is 0 Å². The summed E-state index contributed by atoms with van der Waals surface area (Å²) in [6.45, 7) is 0. The summed E-state index contributed by atoms with van der Waals surface area (Å²) in [6.07, 6.45) is 4.07. The van der Waals surface area contributed by atoms with Gasteiger partial charge in [-0.1, -0.05) is 52.3 Å². The van der Waals surface area contributed by atoms with Crippen molar-refractivity contribution in [3.05, 3.63) is 69.7 Å². The fraction of sp³-hybridized carbons (Fsp3) is 0.0625. The lowest BCUT2D eigenvalue weighted by Gasteiger charge is -2.00. The summed E-state index contributed by atoms with van der Waals surface area (Å²) >= 11 is 3.41. The summed E-state index contributed by atoms with van der Waals surface area (Å²) in [7, 11) is 1.63. The Hall–Kier alpha value is -1.87. The van der Waals surface area contributed by atoms with Crippen molar-refractivity contribution in [3.8, 4) is 0 Å². The van der Waals surface area contributed by atoms with Crippen LogP contribution in [0.1, 0.15) is 21.5 Å². The zero-order chi connectivity index (χ0) is 13.7. The molecule has 3 heteroatoms. The molecule has 2 nitrogen and oxygen atoms in total. The molecule has 0 bridgehead atoms. The van der Waals surface area contributed by atoms with E-state index in [0.29, 0.717) is 5.56 Å². The Morgan fingerprint density at radius 3 is 1.89 bits per heavy atom. The molecule has 0 aliphatic heterocycles. The van der Waals surface area contributed by atoms with Gasteiger partial charge < -0.3 is 5.32 Å². The molecule has 0 atom stereocenters. The number of halogens is 1. The predicted octanol–water partition coefficient (Wildman–Crippen LogP) is 3.98. The zero-order valence-electron chi connectivity index (χ0n) is 10.6. The fourth-order valence-corrected chi connectivity index (χ4v) is 1.92. The molecule has 0 unspecified atom stereocenters. The summed E-state index contributed by atoms with van der Waals surface area (Å²) in [5, 5.41) is 2.60. The van der Waals surface area contributed by atoms with Gasteiger partial charge in [0.25, 0.3) is 5.91 Å². The van der Waals surface area contributed by atoms with Crippen LogP contribution in [-0.2, 0) is 0 Å². The van der Waals surface area contributed by atoms with E-state index in [-0.39, 0.29) is 5.91 Å². The van der Waals surface area contributed by atoms with E-state index in [9.17, 15) is 4.79 Å². The monoisotopic (exact) mass is 315 g/mol. The maximum atomic E-state index is 11.4. The van der Waals surface area contributed by atoms with Gasteiger partial charge in [-0.25, -0.2) is 0 Å². The molecule has 0 aliphatic carbocycles. The lowest BCUT2D eigenvalue weighted by molar-refractivity contribution is 0.0963. The van der Waals surface area contributed by atoms with Crippen LogP contribution in [0.3, 0.4) is 0 Å². The molecule has 2 rings (SSSR count). The molecule has 0 spiro atoms. The Labute approximate surface area is 121 Å². The van der Waals surface area contributed by atoms with Gasteiger partial charge in [-0.05, 0) is 35.4 Å². The minimum Gasteiger partial charge on any atom is -0.355 e. The molecule has 0 saturated heterocycles. The number of hydrogen-bond acceptors (Lipinski definition) is 1. The standard InChI is InChI=1S/C16H14BrNO/c1-18-16(19)14-8-4-12(5-9-14)2-3-13-6-10-15(17)11-7-13/h2-11H,1H3,(H,18,19)/b3-2+. The molecule has 1 N–H and O–H groups in total. The van der Waals surface area contributed by atoms with Gasteiger partial charge in [-0.3, -0.25) is 4.79 Å². The largest absolute Gasteiger partial charge is 0.355 e. The van der Waals surface area contributed by atoms with Crippen LogP contribution in [0.4, 0.5) is 0 Å². The summed E-state index contributed by atoms with van der Waals surface area (Å²) < 4.78 is 1.07. The predicted molar refractivity (Wildman–Crippen MR) is 82.9 cm³/mol. The van der Waals surface area contributed by atoms with Gasteiger partial charge in [0.05, 0.1) is 0 Å². The summed E-state index contributed by atoms with van der Waals surface area (Å²) in [5.41, 5.74) is 2.87. The van der Waals surface area contributed by atoms with Crippen molar-refractivity contribution in [2.24, 2.45) is 0 Å². The third-order valence-electron chi connectivity index (χ3n) is 2.74. The second-order valence-electron chi connectivity index (χ2n) is 4.09. The molecule has 0 radical (unpaired) electrons. The van der Waals surface area contributed by atoms with Crippen molar-refractivity contribution in [1.29, 1.82) is 0 Å². The molecule has 2 aromatic carbocycles. The number of nitrogens with one attached hydrogen (secondary N) is 1. The average Bonchev–Trinajstić information content (AvgIpc) is 2.46. The van der Waals surface area contributed by atoms with Crippen LogP contribution in [0, 0.1) is 0 Å². The fourth-order valence-electron chi connectivity index (χ4n) is 1.66. The maximum absolute atomic E-state index is 11.4. The van der Waals surface area contributed by atoms with E-state index in [0.717, 1.165) is 15.6 Å². The Morgan fingerprint density at radius 1 is 0.947 bits per heavy atom. The van der Waals surface area contributed by atoms with E-state index < -0.39 is 0 Å². The van der Waals surface area contributed by atoms with Gasteiger partial charge in [-0.2, -0.15) is 0 Å². The van der Waals surface area contributed by atoms with Crippen LogP contribution in [-0.4, -0.2) is 13.0 Å². The average molecular weight is 316 g/mol. The number of hydrogen-bond donors (Lipinski definition) is 1. The molecule has 0 saturated carbocycles. The number of carbonyl (C=O) groups is 1. The van der Waals surface area contributed by atoms with Crippen LogP contribution in [0.5, 0.6) is 0 Å². The second-order valence-corrected chi connectivity index (χ2v) is 5.00. The lowest BCUT2D eigenvalue weighted by atomic mass is 10.1. The summed E-state index contributed by atoms with van der Waals surface area (Å²) in [4.78, 5) is 11.4. The van der Waals surface area contributed by atoms with Gasteiger partial charge in [0.15, 0.2) is 0 Å². The van der Waals surface area contributed by atoms with Crippen LogP contribution in [0.15, 0.2) is 53.0 Å². The number of benzene rings is 2. The van der Waals surface area contributed by atoms with Gasteiger partial charge in [-0.15, -0.1) is 0 Å². The van der Waals surface area contributed by atoms with Crippen LogP contribution in [0.25, 0.3) is 12.2 Å². The van der Waals surface area contributed by atoms with Crippen LogP contribution < -0.4 is 5.32 Å². The molecule has 0 aliphatic rings. The quantitative estimate of drug-likeness (QED) is 0.853. The molecule has 0 aromatic heterocycles. The first-order valence-electron chi connectivity index (χ1n) is 5.95. The van der Waals surface area contributed by atoms with Crippen molar-refractivity contribution < 1.29 is 4.79 Å². The van der Waals surface area contributed by atoms with Gasteiger partial charge in [0.1, 0.15) is 0 Å². The molecule has 1 amide bonds. The van der Waals surface area contributed by atoms with Gasteiger partial charge >= 0.3 is 0 Å². The number of carbonyl (C=O) groups excluding carboxylic acids is 1. The Bertz CT molecular complexity index is 585. The Balaban J connectivity index is 2.11. The molecular formula is C16H14BrNO. The van der Waals surface area contributed by atoms with Crippen molar-refractivity contribution in [3.63, 3.8) is 0 Å². The highest BCUT2D eigenvalue weighted by Crippen LogP contribution is 2.13. The number of rotatable bonds is 3. The highest BCUT2D eigenvalue weighted by Gasteiger charge is 2.00. The Kier molecular flexibility index (Phi) is 4.53. The van der Waals surface area contributed by atoms with E-state index in [2.05, 4.69) is 21.2 Å². The minimum atomic E-state index is -0.0663. The van der Waals surface area contributed by atoms with Crippen molar-refractivity contribution in [2.75, 3.05) is 7.05 Å². The molecule has 2 aromatic rings. The SMILES string of the molecule is CNC(=O)c1ccc(/C=C/c2ccc(Br)cc2)cc1. The topological polar surface area (TPSA) is 29.1 Å². The van der Waals surface area contributed by atoms with E-state index in [4.69, 9.17) is 0 Å². The van der Waals surface area contributed by atoms with Crippen molar-refractivity contribution >= 4 is 34.0 Å². The molecule has 0 fully saturated rings. The molecular weight excluding hydrogens is 302 g/mol. The lowest BCUT2D eigenvalue weighted by Crippen LogP contribution is -2.17. The van der Waals surface area contributed by atoms with Crippen molar-refractivity contribution in [2.45, 2.75) is 0 Å². The highest BCUT2D eigenvalue weighted by atomic mass is 79.9. The summed E-state index contributed by atoms with van der Waals surface area (Å²) in [6, 6.07) is 15.6. The first-order valence-corrected chi connectivity index (χ1v) is 6.74. The summed E-state index contributed by atoms with van der Waals surface area (Å²) in [5.74, 6) is -0.0663. The Morgan fingerprint density at radius 2 is 1.42 bits per heavy atom. The third-order valence-corrected chi connectivity index (χ3v) is 3.27. The normalized spacial score (nSPS) is 10.6. The maximum Gasteiger partial charge on any atom is 0.251 e. The second kappa shape index (κ2) is 6.34. The van der Waals surface area contributed by atoms with E-state index in [1.165, 1.54) is 0 Å². The smallest absolute Gasteiger partial charge is 0.251 e. The van der Waals surface area contributed by atoms with Crippen LogP contribution >= 0.6 is 15.9 Å². The first kappa shape index (κ1) is 13.6. The number of amides is 1.